The van der Waals surface area contributed by atoms with Gasteiger partial charge in [0.15, 0.2) is 0 Å². The van der Waals surface area contributed by atoms with E-state index in [1.807, 2.05) is 30.3 Å². The van der Waals surface area contributed by atoms with Crippen LogP contribution < -0.4 is 10.6 Å². The minimum atomic E-state index is -0.729. The van der Waals surface area contributed by atoms with Gasteiger partial charge in [-0.25, -0.2) is 14.6 Å². The Morgan fingerprint density at radius 3 is 2.43 bits per heavy atom. The topological polar surface area (TPSA) is 107 Å². The van der Waals surface area contributed by atoms with Crippen molar-refractivity contribution in [2.24, 2.45) is 0 Å². The van der Waals surface area contributed by atoms with Gasteiger partial charge < -0.3 is 20.1 Å². The molecule has 0 saturated carbocycles. The van der Waals surface area contributed by atoms with Crippen molar-refractivity contribution in [1.29, 1.82) is 0 Å². The lowest BCUT2D eigenvalue weighted by molar-refractivity contribution is -0.115. The van der Waals surface area contributed by atoms with Crippen molar-refractivity contribution < 1.29 is 23.9 Å². The number of benzene rings is 1. The van der Waals surface area contributed by atoms with E-state index in [9.17, 15) is 14.4 Å². The van der Waals surface area contributed by atoms with Gasteiger partial charge in [0.1, 0.15) is 30.1 Å². The van der Waals surface area contributed by atoms with Gasteiger partial charge in [0.05, 0.1) is 0 Å². The SMILES string of the molecule is CC(C)(C)OC(=O)c1cccnc1NC(=O)CNC(=O)OCc1ccccc1. The molecule has 0 atom stereocenters. The summed E-state index contributed by atoms with van der Waals surface area (Å²) in [5.41, 5.74) is 0.271. The van der Waals surface area contributed by atoms with Crippen LogP contribution in [0.1, 0.15) is 36.7 Å². The van der Waals surface area contributed by atoms with Gasteiger partial charge in [-0.1, -0.05) is 30.3 Å². The van der Waals surface area contributed by atoms with E-state index in [-0.39, 0.29) is 24.5 Å². The number of rotatable bonds is 6. The van der Waals surface area contributed by atoms with E-state index in [2.05, 4.69) is 15.6 Å². The molecule has 1 heterocycles. The molecular formula is C20H23N3O5. The van der Waals surface area contributed by atoms with Crippen molar-refractivity contribution in [3.63, 3.8) is 0 Å². The largest absolute Gasteiger partial charge is 0.456 e. The zero-order valence-electron chi connectivity index (χ0n) is 16.0. The summed E-state index contributed by atoms with van der Waals surface area (Å²) in [5, 5.41) is 4.83. The molecule has 148 valence electrons. The fraction of sp³-hybridized carbons (Fsp3) is 0.300. The lowest BCUT2D eigenvalue weighted by atomic mass is 10.2. The molecular weight excluding hydrogens is 362 g/mol. The molecule has 8 nitrogen and oxygen atoms in total. The van der Waals surface area contributed by atoms with Crippen LogP contribution in [-0.2, 0) is 20.9 Å². The highest BCUT2D eigenvalue weighted by molar-refractivity contribution is 6.01. The molecule has 0 fully saturated rings. The van der Waals surface area contributed by atoms with Crippen LogP contribution in [0.2, 0.25) is 0 Å². The van der Waals surface area contributed by atoms with Crippen molar-refractivity contribution in [3.8, 4) is 0 Å². The minimum absolute atomic E-state index is 0.0567. The number of nitrogens with zero attached hydrogens (tertiary/aromatic N) is 1. The summed E-state index contributed by atoms with van der Waals surface area (Å²) in [6, 6.07) is 12.2. The van der Waals surface area contributed by atoms with Gasteiger partial charge in [-0.2, -0.15) is 0 Å². The molecule has 2 amide bonds. The Labute approximate surface area is 163 Å². The van der Waals surface area contributed by atoms with Crippen LogP contribution in [0.15, 0.2) is 48.7 Å². The zero-order chi connectivity index (χ0) is 20.6. The second kappa shape index (κ2) is 9.50. The first-order valence-corrected chi connectivity index (χ1v) is 8.67. The Hall–Kier alpha value is -3.42. The number of carbonyl (C=O) groups excluding carboxylic acids is 3. The summed E-state index contributed by atoms with van der Waals surface area (Å²) in [5.74, 6) is -1.10. The molecule has 0 aliphatic carbocycles. The van der Waals surface area contributed by atoms with E-state index in [4.69, 9.17) is 9.47 Å². The van der Waals surface area contributed by atoms with Gasteiger partial charge in [-0.3, -0.25) is 4.79 Å². The second-order valence-corrected chi connectivity index (χ2v) is 6.86. The van der Waals surface area contributed by atoms with Crippen LogP contribution in [-0.4, -0.2) is 35.1 Å². The number of ether oxygens (including phenoxy) is 2. The maximum Gasteiger partial charge on any atom is 0.407 e. The van der Waals surface area contributed by atoms with Crippen molar-refractivity contribution in [2.75, 3.05) is 11.9 Å². The standard InChI is InChI=1S/C20H23N3O5/c1-20(2,3)28-18(25)15-10-7-11-21-17(15)23-16(24)12-22-19(26)27-13-14-8-5-4-6-9-14/h4-11H,12-13H2,1-3H3,(H,22,26)(H,21,23,24). The van der Waals surface area contributed by atoms with E-state index >= 15 is 0 Å². The normalized spacial score (nSPS) is 10.7. The number of alkyl carbamates (subject to hydrolysis) is 1. The Morgan fingerprint density at radius 1 is 1.04 bits per heavy atom. The number of hydrogen-bond donors (Lipinski definition) is 2. The number of hydrogen-bond acceptors (Lipinski definition) is 6. The zero-order valence-corrected chi connectivity index (χ0v) is 16.0. The Morgan fingerprint density at radius 2 is 1.75 bits per heavy atom. The molecule has 2 aromatic rings. The Balaban J connectivity index is 1.86. The van der Waals surface area contributed by atoms with Crippen LogP contribution in [0, 0.1) is 0 Å². The monoisotopic (exact) mass is 385 g/mol. The smallest absolute Gasteiger partial charge is 0.407 e. The molecule has 0 radical (unpaired) electrons. The quantitative estimate of drug-likeness (QED) is 0.741. The van der Waals surface area contributed by atoms with Gasteiger partial charge in [0.2, 0.25) is 5.91 Å². The molecule has 0 saturated heterocycles. The third-order valence-corrected chi connectivity index (χ3v) is 3.29. The number of esters is 1. The van der Waals surface area contributed by atoms with E-state index in [1.165, 1.54) is 12.3 Å². The molecule has 0 aliphatic rings. The molecule has 0 unspecified atom stereocenters. The predicted molar refractivity (Wildman–Crippen MR) is 103 cm³/mol. The van der Waals surface area contributed by atoms with Crippen molar-refractivity contribution in [1.82, 2.24) is 10.3 Å². The van der Waals surface area contributed by atoms with Crippen molar-refractivity contribution in [3.05, 3.63) is 59.8 Å². The highest BCUT2D eigenvalue weighted by Gasteiger charge is 2.21. The molecule has 2 rings (SSSR count). The lowest BCUT2D eigenvalue weighted by Crippen LogP contribution is -2.34. The minimum Gasteiger partial charge on any atom is -0.456 e. The van der Waals surface area contributed by atoms with Gasteiger partial charge in [0, 0.05) is 6.20 Å². The predicted octanol–water partition coefficient (Wildman–Crippen LogP) is 2.90. The Kier molecular flexibility index (Phi) is 7.08. The molecule has 1 aromatic heterocycles. The number of carbonyl (C=O) groups is 3. The maximum absolute atomic E-state index is 12.2. The molecule has 0 spiro atoms. The first kappa shape index (κ1) is 20.9. The average Bonchev–Trinajstić information content (AvgIpc) is 2.64. The van der Waals surface area contributed by atoms with Crippen LogP contribution in [0.3, 0.4) is 0 Å². The van der Waals surface area contributed by atoms with E-state index < -0.39 is 23.6 Å². The van der Waals surface area contributed by atoms with Gasteiger partial charge in [-0.05, 0) is 38.5 Å². The summed E-state index contributed by atoms with van der Waals surface area (Å²) in [6.07, 6.45) is 0.706. The van der Waals surface area contributed by atoms with Crippen LogP contribution in [0.4, 0.5) is 10.6 Å². The van der Waals surface area contributed by atoms with Crippen LogP contribution in [0.5, 0.6) is 0 Å². The molecule has 28 heavy (non-hydrogen) atoms. The summed E-state index contributed by atoms with van der Waals surface area (Å²) in [7, 11) is 0. The Bertz CT molecular complexity index is 831. The maximum atomic E-state index is 12.2. The van der Waals surface area contributed by atoms with E-state index in [0.717, 1.165) is 5.56 Å². The average molecular weight is 385 g/mol. The first-order chi connectivity index (χ1) is 13.2. The molecule has 8 heteroatoms. The molecule has 0 aliphatic heterocycles. The van der Waals surface area contributed by atoms with E-state index in [1.54, 1.807) is 26.8 Å². The van der Waals surface area contributed by atoms with Crippen molar-refractivity contribution in [2.45, 2.75) is 33.0 Å². The fourth-order valence-corrected chi connectivity index (χ4v) is 2.11. The molecule has 2 N–H and O–H groups in total. The third-order valence-electron chi connectivity index (χ3n) is 3.29. The summed E-state index contributed by atoms with van der Waals surface area (Å²) in [6.45, 7) is 4.98. The summed E-state index contributed by atoms with van der Waals surface area (Å²) >= 11 is 0. The lowest BCUT2D eigenvalue weighted by Gasteiger charge is -2.20. The number of nitrogens with one attached hydrogen (secondary N) is 2. The van der Waals surface area contributed by atoms with Gasteiger partial charge >= 0.3 is 12.1 Å². The number of pyridine rings is 1. The van der Waals surface area contributed by atoms with E-state index in [0.29, 0.717) is 0 Å². The molecule has 1 aromatic carbocycles. The number of anilines is 1. The van der Waals surface area contributed by atoms with Crippen molar-refractivity contribution >= 4 is 23.8 Å². The number of aromatic nitrogens is 1. The summed E-state index contributed by atoms with van der Waals surface area (Å²) < 4.78 is 10.3. The first-order valence-electron chi connectivity index (χ1n) is 8.67. The van der Waals surface area contributed by atoms with Gasteiger partial charge in [-0.15, -0.1) is 0 Å². The highest BCUT2D eigenvalue weighted by Crippen LogP contribution is 2.17. The van der Waals surface area contributed by atoms with Crippen LogP contribution in [0.25, 0.3) is 0 Å². The summed E-state index contributed by atoms with van der Waals surface area (Å²) in [4.78, 5) is 40.0. The number of amides is 2. The van der Waals surface area contributed by atoms with Gasteiger partial charge in [0.25, 0.3) is 0 Å². The second-order valence-electron chi connectivity index (χ2n) is 6.86. The fourth-order valence-electron chi connectivity index (χ4n) is 2.11. The van der Waals surface area contributed by atoms with Crippen LogP contribution >= 0.6 is 0 Å². The third kappa shape index (κ3) is 7.06. The molecule has 0 bridgehead atoms. The highest BCUT2D eigenvalue weighted by atomic mass is 16.6.